The predicted octanol–water partition coefficient (Wildman–Crippen LogP) is 1.00. The highest BCUT2D eigenvalue weighted by Gasteiger charge is 2.20. The van der Waals surface area contributed by atoms with E-state index < -0.39 is 27.5 Å². The fraction of sp³-hybridized carbons (Fsp3) is 0.429. The molecule has 1 atom stereocenters. The molecule has 0 saturated heterocycles. The van der Waals surface area contributed by atoms with Gasteiger partial charge in [0.05, 0.1) is 11.3 Å². The van der Waals surface area contributed by atoms with Crippen LogP contribution in [0, 0.1) is 0 Å². The number of carbonyl (C=O) groups is 2. The van der Waals surface area contributed by atoms with Gasteiger partial charge >= 0.3 is 5.97 Å². The van der Waals surface area contributed by atoms with Crippen LogP contribution in [0.1, 0.15) is 25.8 Å². The summed E-state index contributed by atoms with van der Waals surface area (Å²) < 4.78 is 24.1. The molecule has 1 aromatic carbocycles. The molecular formula is C14H19NO5S. The smallest absolute Gasteiger partial charge is 0.307 e. The summed E-state index contributed by atoms with van der Waals surface area (Å²) in [6, 6.07) is 5.45. The molecule has 6 nitrogen and oxygen atoms in total. The lowest BCUT2D eigenvalue weighted by Crippen LogP contribution is -2.36. The van der Waals surface area contributed by atoms with E-state index in [1.54, 1.807) is 6.92 Å². The molecule has 1 rings (SSSR count). The maximum Gasteiger partial charge on any atom is 0.307 e. The molecule has 0 bridgehead atoms. The number of amides is 1. The first-order chi connectivity index (χ1) is 9.74. The van der Waals surface area contributed by atoms with E-state index in [2.05, 4.69) is 5.32 Å². The van der Waals surface area contributed by atoms with Gasteiger partial charge in [0.2, 0.25) is 5.91 Å². The van der Waals surface area contributed by atoms with Crippen molar-refractivity contribution in [2.45, 2.75) is 37.6 Å². The SMILES string of the molecule is CCC(C)NC(=O)CS(=O)(=O)c1ccc(CC(=O)O)cc1. The maximum atomic E-state index is 12.1. The topological polar surface area (TPSA) is 101 Å². The Morgan fingerprint density at radius 2 is 1.81 bits per heavy atom. The van der Waals surface area contributed by atoms with Crippen LogP contribution >= 0.6 is 0 Å². The molecule has 0 heterocycles. The van der Waals surface area contributed by atoms with Gasteiger partial charge in [-0.3, -0.25) is 9.59 Å². The van der Waals surface area contributed by atoms with Gasteiger partial charge in [0.25, 0.3) is 0 Å². The number of carboxylic acids is 1. The molecule has 116 valence electrons. The molecule has 0 spiro atoms. The number of carboxylic acid groups (broad SMARTS) is 1. The molecule has 0 aliphatic rings. The summed E-state index contributed by atoms with van der Waals surface area (Å²) in [4.78, 5) is 22.2. The summed E-state index contributed by atoms with van der Waals surface area (Å²) >= 11 is 0. The van der Waals surface area contributed by atoms with Gasteiger partial charge in [0, 0.05) is 6.04 Å². The number of aliphatic carboxylic acids is 1. The fourth-order valence-corrected chi connectivity index (χ4v) is 2.81. The van der Waals surface area contributed by atoms with Gasteiger partial charge in [0.1, 0.15) is 5.75 Å². The van der Waals surface area contributed by atoms with Gasteiger partial charge in [-0.05, 0) is 31.0 Å². The van der Waals surface area contributed by atoms with Crippen molar-refractivity contribution in [2.24, 2.45) is 0 Å². The molecule has 0 fully saturated rings. The summed E-state index contributed by atoms with van der Waals surface area (Å²) in [6.07, 6.45) is 0.546. The van der Waals surface area contributed by atoms with E-state index in [-0.39, 0.29) is 17.4 Å². The first-order valence-corrected chi connectivity index (χ1v) is 8.22. The second kappa shape index (κ2) is 7.21. The zero-order chi connectivity index (χ0) is 16.0. The molecule has 21 heavy (non-hydrogen) atoms. The molecule has 1 unspecified atom stereocenters. The molecule has 1 aromatic rings. The quantitative estimate of drug-likeness (QED) is 0.782. The third-order valence-corrected chi connectivity index (χ3v) is 4.61. The van der Waals surface area contributed by atoms with Gasteiger partial charge in [0.15, 0.2) is 9.84 Å². The summed E-state index contributed by atoms with van der Waals surface area (Å²) in [7, 11) is -3.72. The lowest BCUT2D eigenvalue weighted by molar-refractivity contribution is -0.136. The molecule has 0 saturated carbocycles. The largest absolute Gasteiger partial charge is 0.481 e. The summed E-state index contributed by atoms with van der Waals surface area (Å²) in [5, 5.41) is 11.2. The molecule has 0 aliphatic heterocycles. The van der Waals surface area contributed by atoms with Crippen LogP contribution in [0.15, 0.2) is 29.2 Å². The fourth-order valence-electron chi connectivity index (χ4n) is 1.66. The molecule has 7 heteroatoms. The standard InChI is InChI=1S/C14H19NO5S/c1-3-10(2)15-13(16)9-21(19,20)12-6-4-11(5-7-12)8-14(17)18/h4-7,10H,3,8-9H2,1-2H3,(H,15,16)(H,17,18). The van der Waals surface area contributed by atoms with E-state index in [4.69, 9.17) is 5.11 Å². The first kappa shape index (κ1) is 17.2. The van der Waals surface area contributed by atoms with Crippen LogP contribution in [0.3, 0.4) is 0 Å². The first-order valence-electron chi connectivity index (χ1n) is 6.57. The van der Waals surface area contributed by atoms with Gasteiger partial charge in [-0.25, -0.2) is 8.42 Å². The van der Waals surface area contributed by atoms with Gasteiger partial charge in [-0.15, -0.1) is 0 Å². The molecule has 0 radical (unpaired) electrons. The third-order valence-electron chi connectivity index (χ3n) is 2.98. The van der Waals surface area contributed by atoms with Gasteiger partial charge < -0.3 is 10.4 Å². The Bertz CT molecular complexity index is 607. The van der Waals surface area contributed by atoms with Crippen LogP contribution in [0.2, 0.25) is 0 Å². The Morgan fingerprint density at radius 1 is 1.24 bits per heavy atom. The normalized spacial score (nSPS) is 12.7. The lowest BCUT2D eigenvalue weighted by atomic mass is 10.2. The number of hydrogen-bond donors (Lipinski definition) is 2. The van der Waals surface area contributed by atoms with Crippen molar-refractivity contribution >= 4 is 21.7 Å². The number of carbonyl (C=O) groups excluding carboxylic acids is 1. The van der Waals surface area contributed by atoms with Crippen molar-refractivity contribution in [1.82, 2.24) is 5.32 Å². The average Bonchev–Trinajstić information content (AvgIpc) is 2.37. The van der Waals surface area contributed by atoms with Crippen LogP contribution < -0.4 is 5.32 Å². The van der Waals surface area contributed by atoms with E-state index in [1.165, 1.54) is 24.3 Å². The minimum absolute atomic E-state index is 0.0101. The van der Waals surface area contributed by atoms with Crippen molar-refractivity contribution in [3.8, 4) is 0 Å². The predicted molar refractivity (Wildman–Crippen MR) is 77.7 cm³/mol. The second-order valence-electron chi connectivity index (χ2n) is 4.85. The van der Waals surface area contributed by atoms with Crippen LogP contribution in [0.4, 0.5) is 0 Å². The maximum absolute atomic E-state index is 12.1. The molecule has 0 aliphatic carbocycles. The van der Waals surface area contributed by atoms with E-state index in [1.807, 2.05) is 6.92 Å². The third kappa shape index (κ3) is 5.55. The minimum atomic E-state index is -3.72. The minimum Gasteiger partial charge on any atom is -0.481 e. The Hall–Kier alpha value is -1.89. The van der Waals surface area contributed by atoms with Gasteiger partial charge in [-0.1, -0.05) is 19.1 Å². The van der Waals surface area contributed by atoms with E-state index >= 15 is 0 Å². The van der Waals surface area contributed by atoms with E-state index in [9.17, 15) is 18.0 Å². The number of hydrogen-bond acceptors (Lipinski definition) is 4. The van der Waals surface area contributed by atoms with Crippen LogP contribution in [0.5, 0.6) is 0 Å². The van der Waals surface area contributed by atoms with Gasteiger partial charge in [-0.2, -0.15) is 0 Å². The highest BCUT2D eigenvalue weighted by Crippen LogP contribution is 2.13. The highest BCUT2D eigenvalue weighted by atomic mass is 32.2. The molecule has 1 amide bonds. The Kier molecular flexibility index (Phi) is 5.90. The Labute approximate surface area is 124 Å². The van der Waals surface area contributed by atoms with Crippen molar-refractivity contribution < 1.29 is 23.1 Å². The van der Waals surface area contributed by atoms with Crippen molar-refractivity contribution in [3.05, 3.63) is 29.8 Å². The van der Waals surface area contributed by atoms with E-state index in [0.717, 1.165) is 6.42 Å². The van der Waals surface area contributed by atoms with Crippen LogP contribution in [-0.2, 0) is 25.8 Å². The zero-order valence-corrected chi connectivity index (χ0v) is 12.8. The van der Waals surface area contributed by atoms with E-state index in [0.29, 0.717) is 5.56 Å². The molecule has 0 aromatic heterocycles. The summed E-state index contributed by atoms with van der Waals surface area (Å²) in [5.41, 5.74) is 0.505. The lowest BCUT2D eigenvalue weighted by Gasteiger charge is -2.11. The van der Waals surface area contributed by atoms with Crippen molar-refractivity contribution in [2.75, 3.05) is 5.75 Å². The molecular weight excluding hydrogens is 294 g/mol. The number of rotatable bonds is 7. The average molecular weight is 313 g/mol. The molecule has 2 N–H and O–H groups in total. The highest BCUT2D eigenvalue weighted by molar-refractivity contribution is 7.92. The second-order valence-corrected chi connectivity index (χ2v) is 6.84. The van der Waals surface area contributed by atoms with Crippen molar-refractivity contribution in [3.63, 3.8) is 0 Å². The summed E-state index contributed by atoms with van der Waals surface area (Å²) in [6.45, 7) is 3.69. The monoisotopic (exact) mass is 313 g/mol. The Balaban J connectivity index is 2.78. The number of benzene rings is 1. The van der Waals surface area contributed by atoms with Crippen molar-refractivity contribution in [1.29, 1.82) is 0 Å². The van der Waals surface area contributed by atoms with Crippen LogP contribution in [-0.4, -0.2) is 37.2 Å². The number of nitrogens with one attached hydrogen (secondary N) is 1. The van der Waals surface area contributed by atoms with Crippen LogP contribution in [0.25, 0.3) is 0 Å². The zero-order valence-electron chi connectivity index (χ0n) is 12.0. The number of sulfone groups is 1. The Morgan fingerprint density at radius 3 is 2.29 bits per heavy atom. The summed E-state index contributed by atoms with van der Waals surface area (Å²) in [5.74, 6) is -2.15.